The second-order valence-corrected chi connectivity index (χ2v) is 9.77. The number of aromatic nitrogens is 2. The monoisotopic (exact) mass is 400 g/mol. The molecule has 134 valence electrons. The molecule has 2 aromatic rings. The molecule has 0 radical (unpaired) electrons. The van der Waals surface area contributed by atoms with Crippen LogP contribution in [0.1, 0.15) is 11.3 Å². The van der Waals surface area contributed by atoms with Gasteiger partial charge in [0.15, 0.2) is 0 Å². The van der Waals surface area contributed by atoms with Crippen molar-refractivity contribution in [1.29, 1.82) is 0 Å². The van der Waals surface area contributed by atoms with Crippen molar-refractivity contribution in [3.05, 3.63) is 33.9 Å². The van der Waals surface area contributed by atoms with Crippen molar-refractivity contribution in [2.45, 2.75) is 17.2 Å². The van der Waals surface area contributed by atoms with Crippen LogP contribution in [0.25, 0.3) is 0 Å². The number of ether oxygens (including phenoxy) is 1. The minimum atomic E-state index is -3.55. The Morgan fingerprint density at radius 3 is 2.72 bits per heavy atom. The van der Waals surface area contributed by atoms with Gasteiger partial charge in [-0.15, -0.1) is 11.3 Å². The van der Waals surface area contributed by atoms with E-state index in [9.17, 15) is 8.42 Å². The summed E-state index contributed by atoms with van der Waals surface area (Å²) in [6, 6.07) is 3.16. The van der Waals surface area contributed by atoms with Crippen LogP contribution >= 0.6 is 22.9 Å². The highest BCUT2D eigenvalue weighted by Gasteiger charge is 2.31. The van der Waals surface area contributed by atoms with E-state index in [1.807, 2.05) is 6.20 Å². The van der Waals surface area contributed by atoms with Crippen LogP contribution in [0.2, 0.25) is 4.34 Å². The molecule has 25 heavy (non-hydrogen) atoms. The first-order valence-corrected chi connectivity index (χ1v) is 10.6. The average molecular weight is 401 g/mol. The van der Waals surface area contributed by atoms with E-state index >= 15 is 0 Å². The van der Waals surface area contributed by atoms with Gasteiger partial charge >= 0.3 is 0 Å². The van der Waals surface area contributed by atoms with Crippen LogP contribution in [0.5, 0.6) is 0 Å². The predicted octanol–water partition coefficient (Wildman–Crippen LogP) is 1.78. The van der Waals surface area contributed by atoms with Gasteiger partial charge in [-0.1, -0.05) is 11.6 Å². The number of thiophene rings is 1. The van der Waals surface area contributed by atoms with Gasteiger partial charge in [-0.2, -0.15) is 4.31 Å². The zero-order valence-electron chi connectivity index (χ0n) is 13.4. The standard InChI is InChI=1S/C15H17ClN4O3S2/c16-13-1-2-14(24-13)25(21,22)20-4-3-11-9-17-15(18-12(11)10-20)19-5-7-23-8-6-19/h1-2,9H,3-8,10H2. The molecule has 0 aliphatic carbocycles. The Hall–Kier alpha value is -1.26. The fourth-order valence-electron chi connectivity index (χ4n) is 2.95. The highest BCUT2D eigenvalue weighted by atomic mass is 35.5. The summed E-state index contributed by atoms with van der Waals surface area (Å²) in [4.78, 5) is 11.1. The van der Waals surface area contributed by atoms with Gasteiger partial charge in [-0.3, -0.25) is 0 Å². The molecule has 1 saturated heterocycles. The van der Waals surface area contributed by atoms with Crippen molar-refractivity contribution in [1.82, 2.24) is 14.3 Å². The van der Waals surface area contributed by atoms with Gasteiger partial charge in [-0.25, -0.2) is 18.4 Å². The van der Waals surface area contributed by atoms with Gasteiger partial charge in [-0.05, 0) is 24.1 Å². The summed E-state index contributed by atoms with van der Waals surface area (Å²) in [7, 11) is -3.55. The fourth-order valence-corrected chi connectivity index (χ4v) is 5.99. The number of nitrogens with zero attached hydrogens (tertiary/aromatic N) is 4. The zero-order valence-corrected chi connectivity index (χ0v) is 15.8. The summed E-state index contributed by atoms with van der Waals surface area (Å²) < 4.78 is 33.2. The summed E-state index contributed by atoms with van der Waals surface area (Å²) in [5.74, 6) is 0.639. The van der Waals surface area contributed by atoms with Crippen LogP contribution in [0, 0.1) is 0 Å². The molecule has 0 amide bonds. The third-order valence-corrected chi connectivity index (χ3v) is 7.88. The van der Waals surface area contributed by atoms with E-state index in [1.165, 1.54) is 4.31 Å². The third-order valence-electron chi connectivity index (χ3n) is 4.33. The Labute approximate surface area is 155 Å². The second kappa shape index (κ2) is 6.81. The number of fused-ring (bicyclic) bond motifs is 1. The lowest BCUT2D eigenvalue weighted by atomic mass is 10.1. The van der Waals surface area contributed by atoms with Gasteiger partial charge in [0.1, 0.15) is 4.21 Å². The maximum atomic E-state index is 12.8. The Kier molecular flexibility index (Phi) is 4.67. The topological polar surface area (TPSA) is 75.6 Å². The molecule has 10 heteroatoms. The quantitative estimate of drug-likeness (QED) is 0.781. The number of hydrogen-bond donors (Lipinski definition) is 0. The average Bonchev–Trinajstić information content (AvgIpc) is 3.09. The summed E-state index contributed by atoms with van der Waals surface area (Å²) in [5.41, 5.74) is 1.78. The summed E-state index contributed by atoms with van der Waals surface area (Å²) in [5, 5.41) is 0. The molecule has 0 atom stereocenters. The molecule has 2 aliphatic heterocycles. The van der Waals surface area contributed by atoms with Crippen LogP contribution in [-0.2, 0) is 27.7 Å². The van der Waals surface area contributed by atoms with Crippen molar-refractivity contribution in [2.24, 2.45) is 0 Å². The highest BCUT2D eigenvalue weighted by Crippen LogP contribution is 2.30. The number of hydrogen-bond acceptors (Lipinski definition) is 7. The van der Waals surface area contributed by atoms with Crippen LogP contribution in [0.4, 0.5) is 5.95 Å². The van der Waals surface area contributed by atoms with E-state index in [1.54, 1.807) is 12.1 Å². The van der Waals surface area contributed by atoms with Crippen molar-refractivity contribution in [3.63, 3.8) is 0 Å². The van der Waals surface area contributed by atoms with E-state index in [4.69, 9.17) is 16.3 Å². The number of rotatable bonds is 3. The van der Waals surface area contributed by atoms with E-state index in [0.29, 0.717) is 36.5 Å². The lowest BCUT2D eigenvalue weighted by Crippen LogP contribution is -2.39. The zero-order chi connectivity index (χ0) is 17.4. The molecule has 0 spiro atoms. The van der Waals surface area contributed by atoms with E-state index in [-0.39, 0.29) is 10.8 Å². The Morgan fingerprint density at radius 2 is 2.00 bits per heavy atom. The smallest absolute Gasteiger partial charge is 0.252 e. The predicted molar refractivity (Wildman–Crippen MR) is 95.7 cm³/mol. The molecule has 2 aliphatic rings. The van der Waals surface area contributed by atoms with E-state index < -0.39 is 10.0 Å². The minimum Gasteiger partial charge on any atom is -0.378 e. The molecule has 0 saturated carbocycles. The summed E-state index contributed by atoms with van der Waals surface area (Å²) in [6.45, 7) is 3.47. The first-order valence-electron chi connectivity index (χ1n) is 7.97. The van der Waals surface area contributed by atoms with Gasteiger partial charge in [0, 0.05) is 25.8 Å². The van der Waals surface area contributed by atoms with Gasteiger partial charge in [0.2, 0.25) is 5.95 Å². The number of halogens is 1. The molecule has 1 fully saturated rings. The Bertz CT molecular complexity index is 881. The molecule has 0 N–H and O–H groups in total. The maximum absolute atomic E-state index is 12.8. The SMILES string of the molecule is O=S(=O)(c1ccc(Cl)s1)N1CCc2cnc(N3CCOCC3)nc2C1. The lowest BCUT2D eigenvalue weighted by Gasteiger charge is -2.30. The van der Waals surface area contributed by atoms with Gasteiger partial charge in [0.25, 0.3) is 10.0 Å². The first kappa shape index (κ1) is 17.2. The first-order chi connectivity index (χ1) is 12.0. The largest absolute Gasteiger partial charge is 0.378 e. The fraction of sp³-hybridized carbons (Fsp3) is 0.467. The number of sulfonamides is 1. The molecule has 0 bridgehead atoms. The molecular weight excluding hydrogens is 384 g/mol. The molecule has 7 nitrogen and oxygen atoms in total. The van der Waals surface area contributed by atoms with Crippen LogP contribution in [-0.4, -0.2) is 55.5 Å². The van der Waals surface area contributed by atoms with Gasteiger partial charge < -0.3 is 9.64 Å². The lowest BCUT2D eigenvalue weighted by molar-refractivity contribution is 0.122. The van der Waals surface area contributed by atoms with Crippen molar-refractivity contribution in [3.8, 4) is 0 Å². The maximum Gasteiger partial charge on any atom is 0.252 e. The van der Waals surface area contributed by atoms with Crippen LogP contribution < -0.4 is 4.90 Å². The van der Waals surface area contributed by atoms with Crippen molar-refractivity contribution >= 4 is 38.9 Å². The van der Waals surface area contributed by atoms with Gasteiger partial charge in [0.05, 0.1) is 29.8 Å². The normalized spacial score (nSPS) is 19.0. The molecular formula is C15H17ClN4O3S2. The Balaban J connectivity index is 1.59. The molecule has 0 aromatic carbocycles. The van der Waals surface area contributed by atoms with E-state index in [2.05, 4.69) is 14.9 Å². The van der Waals surface area contributed by atoms with Crippen molar-refractivity contribution in [2.75, 3.05) is 37.7 Å². The summed E-state index contributed by atoms with van der Waals surface area (Å²) in [6.07, 6.45) is 2.43. The van der Waals surface area contributed by atoms with Crippen LogP contribution in [0.15, 0.2) is 22.5 Å². The number of anilines is 1. The van der Waals surface area contributed by atoms with E-state index in [0.717, 1.165) is 35.7 Å². The molecule has 2 aromatic heterocycles. The third kappa shape index (κ3) is 3.39. The van der Waals surface area contributed by atoms with Crippen molar-refractivity contribution < 1.29 is 13.2 Å². The highest BCUT2D eigenvalue weighted by molar-refractivity contribution is 7.91. The minimum absolute atomic E-state index is 0.257. The number of morpholine rings is 1. The van der Waals surface area contributed by atoms with Crippen LogP contribution in [0.3, 0.4) is 0 Å². The Morgan fingerprint density at radius 1 is 1.20 bits per heavy atom. The summed E-state index contributed by atoms with van der Waals surface area (Å²) >= 11 is 6.97. The second-order valence-electron chi connectivity index (χ2n) is 5.89. The molecule has 4 heterocycles. The molecule has 4 rings (SSSR count). The molecule has 0 unspecified atom stereocenters.